The van der Waals surface area contributed by atoms with Crippen molar-refractivity contribution < 1.29 is 29.3 Å². The molecule has 1 fully saturated rings. The Morgan fingerprint density at radius 2 is 1.76 bits per heavy atom. The van der Waals surface area contributed by atoms with Gasteiger partial charge in [-0.3, -0.25) is 9.88 Å². The molecule has 0 bridgehead atoms. The lowest BCUT2D eigenvalue weighted by atomic mass is 10.1. The lowest BCUT2D eigenvalue weighted by molar-refractivity contribution is -0.159. The first-order valence-electron chi connectivity index (χ1n) is 7.83. The van der Waals surface area contributed by atoms with E-state index in [1.807, 2.05) is 0 Å². The molecule has 0 aromatic carbocycles. The van der Waals surface area contributed by atoms with Gasteiger partial charge in [0, 0.05) is 26.8 Å². The second-order valence-corrected chi connectivity index (χ2v) is 5.66. The van der Waals surface area contributed by atoms with Crippen molar-refractivity contribution in [3.05, 3.63) is 24.0 Å². The molecular weight excluding hydrogens is 330 g/mol. The minimum absolute atomic E-state index is 0.368. The number of amides is 1. The summed E-state index contributed by atoms with van der Waals surface area (Å²) in [4.78, 5) is 37.9. The van der Waals surface area contributed by atoms with E-state index in [0.717, 1.165) is 25.3 Å². The second kappa shape index (κ2) is 10.2. The van der Waals surface area contributed by atoms with E-state index >= 15 is 0 Å². The first-order chi connectivity index (χ1) is 11.8. The number of carboxylic acids is 2. The van der Waals surface area contributed by atoms with Crippen LogP contribution in [0.2, 0.25) is 0 Å². The van der Waals surface area contributed by atoms with Crippen molar-refractivity contribution in [2.45, 2.75) is 25.8 Å². The number of aliphatic carboxylic acids is 2. The van der Waals surface area contributed by atoms with Crippen LogP contribution in [-0.2, 0) is 16.1 Å². The summed E-state index contributed by atoms with van der Waals surface area (Å²) in [7, 11) is 3.34. The lowest BCUT2D eigenvalue weighted by Crippen LogP contribution is -2.30. The summed E-state index contributed by atoms with van der Waals surface area (Å²) >= 11 is 0. The average Bonchev–Trinajstić information content (AvgIpc) is 2.58. The molecule has 1 aliphatic rings. The highest BCUT2D eigenvalue weighted by Gasteiger charge is 2.16. The van der Waals surface area contributed by atoms with Crippen LogP contribution in [0.4, 0.5) is 4.79 Å². The van der Waals surface area contributed by atoms with E-state index < -0.39 is 11.9 Å². The summed E-state index contributed by atoms with van der Waals surface area (Å²) in [6, 6.07) is 3.59. The molecular formula is C16H23N3O6. The fraction of sp³-hybridized carbons (Fsp3) is 0.500. The van der Waals surface area contributed by atoms with Crippen molar-refractivity contribution in [1.82, 2.24) is 14.8 Å². The Kier molecular flexibility index (Phi) is 8.34. The SMILES string of the molecule is CN(C)C(=O)Oc1cccnc1CN1CCCCC1.O=C(O)C(=O)O. The normalized spacial score (nSPS) is 14.0. The number of carbonyl (C=O) groups is 3. The van der Waals surface area contributed by atoms with Crippen molar-refractivity contribution in [1.29, 1.82) is 0 Å². The predicted octanol–water partition coefficient (Wildman–Crippen LogP) is 1.28. The van der Waals surface area contributed by atoms with Crippen LogP contribution in [0.5, 0.6) is 5.75 Å². The van der Waals surface area contributed by atoms with Crippen LogP contribution in [0.3, 0.4) is 0 Å². The highest BCUT2D eigenvalue weighted by Crippen LogP contribution is 2.20. The number of carboxylic acid groups (broad SMARTS) is 2. The van der Waals surface area contributed by atoms with Crippen LogP contribution in [0, 0.1) is 0 Å². The Hall–Kier alpha value is -2.68. The molecule has 0 saturated carbocycles. The smallest absolute Gasteiger partial charge is 0.414 e. The van der Waals surface area contributed by atoms with Crippen LogP contribution >= 0.6 is 0 Å². The summed E-state index contributed by atoms with van der Waals surface area (Å²) in [5, 5.41) is 14.8. The highest BCUT2D eigenvalue weighted by molar-refractivity contribution is 6.27. The van der Waals surface area contributed by atoms with E-state index in [0.29, 0.717) is 5.75 Å². The second-order valence-electron chi connectivity index (χ2n) is 5.66. The molecule has 1 saturated heterocycles. The average molecular weight is 353 g/mol. The van der Waals surface area contributed by atoms with E-state index in [2.05, 4.69) is 9.88 Å². The summed E-state index contributed by atoms with van der Waals surface area (Å²) in [6.07, 6.45) is 5.15. The molecule has 1 aliphatic heterocycles. The Balaban J connectivity index is 0.000000450. The van der Waals surface area contributed by atoms with Crippen LogP contribution in [0.1, 0.15) is 25.0 Å². The molecule has 138 valence electrons. The lowest BCUT2D eigenvalue weighted by Gasteiger charge is -2.26. The molecule has 9 nitrogen and oxygen atoms in total. The molecule has 0 unspecified atom stereocenters. The number of pyridine rings is 1. The molecule has 25 heavy (non-hydrogen) atoms. The Labute approximate surface area is 145 Å². The van der Waals surface area contributed by atoms with Gasteiger partial charge in [0.05, 0.1) is 5.69 Å². The highest BCUT2D eigenvalue weighted by atomic mass is 16.6. The van der Waals surface area contributed by atoms with Gasteiger partial charge in [-0.1, -0.05) is 6.42 Å². The zero-order chi connectivity index (χ0) is 18.8. The van der Waals surface area contributed by atoms with Gasteiger partial charge in [0.15, 0.2) is 5.75 Å². The van der Waals surface area contributed by atoms with E-state index in [9.17, 15) is 4.79 Å². The predicted molar refractivity (Wildman–Crippen MR) is 88.3 cm³/mol. The topological polar surface area (TPSA) is 120 Å². The molecule has 1 aromatic heterocycles. The number of nitrogens with zero attached hydrogens (tertiary/aromatic N) is 3. The molecule has 2 heterocycles. The van der Waals surface area contributed by atoms with Crippen molar-refractivity contribution in [3.63, 3.8) is 0 Å². The first-order valence-corrected chi connectivity index (χ1v) is 7.83. The number of hydrogen-bond donors (Lipinski definition) is 2. The van der Waals surface area contributed by atoms with Crippen molar-refractivity contribution in [3.8, 4) is 5.75 Å². The third-order valence-electron chi connectivity index (χ3n) is 3.42. The summed E-state index contributed by atoms with van der Waals surface area (Å²) in [5.41, 5.74) is 0.833. The van der Waals surface area contributed by atoms with E-state index in [1.165, 1.54) is 24.2 Å². The number of rotatable bonds is 3. The molecule has 0 radical (unpaired) electrons. The van der Waals surface area contributed by atoms with Gasteiger partial charge < -0.3 is 19.8 Å². The van der Waals surface area contributed by atoms with Crippen LogP contribution in [0.25, 0.3) is 0 Å². The monoisotopic (exact) mass is 353 g/mol. The zero-order valence-corrected chi connectivity index (χ0v) is 14.3. The molecule has 1 aromatic rings. The fourth-order valence-electron chi connectivity index (χ4n) is 2.15. The van der Waals surface area contributed by atoms with Gasteiger partial charge in [-0.05, 0) is 38.1 Å². The molecule has 9 heteroatoms. The van der Waals surface area contributed by atoms with Gasteiger partial charge in [-0.15, -0.1) is 0 Å². The van der Waals surface area contributed by atoms with Gasteiger partial charge in [-0.2, -0.15) is 0 Å². The quantitative estimate of drug-likeness (QED) is 0.780. The van der Waals surface area contributed by atoms with E-state index in [4.69, 9.17) is 24.5 Å². The van der Waals surface area contributed by atoms with Crippen LogP contribution in [0.15, 0.2) is 18.3 Å². The standard InChI is InChI=1S/C14H21N3O2.C2H2O4/c1-16(2)14(18)19-13-7-6-8-15-12(13)11-17-9-4-3-5-10-17;3-1(4)2(5)6/h6-8H,3-5,9-11H2,1-2H3;(H,3,4)(H,5,6). The van der Waals surface area contributed by atoms with Crippen LogP contribution in [-0.4, -0.2) is 70.2 Å². The van der Waals surface area contributed by atoms with Gasteiger partial charge >= 0.3 is 18.0 Å². The van der Waals surface area contributed by atoms with Crippen molar-refractivity contribution >= 4 is 18.0 Å². The summed E-state index contributed by atoms with van der Waals surface area (Å²) < 4.78 is 5.35. The minimum Gasteiger partial charge on any atom is -0.473 e. The van der Waals surface area contributed by atoms with Crippen LogP contribution < -0.4 is 4.74 Å². The third-order valence-corrected chi connectivity index (χ3v) is 3.42. The number of hydrogen-bond acceptors (Lipinski definition) is 6. The molecule has 2 N–H and O–H groups in total. The van der Waals surface area contributed by atoms with E-state index in [-0.39, 0.29) is 6.09 Å². The zero-order valence-electron chi connectivity index (χ0n) is 14.3. The molecule has 1 amide bonds. The summed E-state index contributed by atoms with van der Waals surface area (Å²) in [5.74, 6) is -3.09. The van der Waals surface area contributed by atoms with E-state index in [1.54, 1.807) is 32.4 Å². The fourth-order valence-corrected chi connectivity index (χ4v) is 2.15. The molecule has 2 rings (SSSR count). The largest absolute Gasteiger partial charge is 0.473 e. The number of aromatic nitrogens is 1. The Bertz CT molecular complexity index is 587. The van der Waals surface area contributed by atoms with Crippen molar-refractivity contribution in [2.24, 2.45) is 0 Å². The molecule has 0 atom stereocenters. The third kappa shape index (κ3) is 7.62. The van der Waals surface area contributed by atoms with Gasteiger partial charge in [-0.25, -0.2) is 14.4 Å². The van der Waals surface area contributed by atoms with Crippen molar-refractivity contribution in [2.75, 3.05) is 27.2 Å². The first kappa shape index (κ1) is 20.4. The van der Waals surface area contributed by atoms with Gasteiger partial charge in [0.25, 0.3) is 0 Å². The summed E-state index contributed by atoms with van der Waals surface area (Å²) in [6.45, 7) is 2.94. The molecule has 0 aliphatic carbocycles. The number of carbonyl (C=O) groups excluding carboxylic acids is 1. The maximum Gasteiger partial charge on any atom is 0.414 e. The minimum atomic E-state index is -1.82. The maximum absolute atomic E-state index is 11.6. The number of likely N-dealkylation sites (tertiary alicyclic amines) is 1. The Morgan fingerprint density at radius 1 is 1.16 bits per heavy atom. The maximum atomic E-state index is 11.6. The number of ether oxygens (including phenoxy) is 1. The van der Waals surface area contributed by atoms with Gasteiger partial charge in [0.2, 0.25) is 0 Å². The number of piperidine rings is 1. The molecule has 0 spiro atoms. The van der Waals surface area contributed by atoms with Gasteiger partial charge in [0.1, 0.15) is 0 Å². The Morgan fingerprint density at radius 3 is 2.28 bits per heavy atom.